The van der Waals surface area contributed by atoms with Crippen molar-refractivity contribution in [2.75, 3.05) is 32.7 Å². The van der Waals surface area contributed by atoms with E-state index in [1.807, 2.05) is 11.4 Å². The standard InChI is InChI=1S/C22H28N4OS2/c27-21-20-17(18-7-4-12-28-18)15-29-22(20)24-19(23-21)14-26-10-8-25(9-11-26)13-16-5-2-1-3-6-16/h4,7,12,15-16H,1-3,5-6,8-11,13-14H2,(H,23,24,27). The van der Waals surface area contributed by atoms with Crippen LogP contribution in [0, 0.1) is 5.92 Å². The Kier molecular flexibility index (Phi) is 5.81. The molecule has 154 valence electrons. The number of aromatic nitrogens is 2. The third-order valence-electron chi connectivity index (χ3n) is 6.36. The van der Waals surface area contributed by atoms with Crippen molar-refractivity contribution >= 4 is 32.9 Å². The summed E-state index contributed by atoms with van der Waals surface area (Å²) in [4.78, 5) is 27.7. The molecule has 0 spiro atoms. The number of nitrogens with zero attached hydrogens (tertiary/aromatic N) is 3. The average Bonchev–Trinajstić information content (AvgIpc) is 3.40. The quantitative estimate of drug-likeness (QED) is 0.654. The molecule has 0 unspecified atom stereocenters. The van der Waals surface area contributed by atoms with Gasteiger partial charge in [-0.1, -0.05) is 25.3 Å². The zero-order chi connectivity index (χ0) is 19.6. The lowest BCUT2D eigenvalue weighted by Crippen LogP contribution is -2.47. The SMILES string of the molecule is O=c1[nH]c(CN2CCN(CC3CCCCC3)CC2)nc2scc(-c3cccs3)c12. The first kappa shape index (κ1) is 19.4. The number of piperazine rings is 1. The van der Waals surface area contributed by atoms with Crippen LogP contribution >= 0.6 is 22.7 Å². The fraction of sp³-hybridized carbons (Fsp3) is 0.545. The van der Waals surface area contributed by atoms with Crippen LogP contribution in [0.4, 0.5) is 0 Å². The number of hydrogen-bond donors (Lipinski definition) is 1. The Morgan fingerprint density at radius 1 is 1.07 bits per heavy atom. The zero-order valence-corrected chi connectivity index (χ0v) is 18.4. The summed E-state index contributed by atoms with van der Waals surface area (Å²) in [6.45, 7) is 6.37. The van der Waals surface area contributed by atoms with Crippen LogP contribution < -0.4 is 5.56 Å². The highest BCUT2D eigenvalue weighted by Crippen LogP contribution is 2.33. The number of aromatic amines is 1. The van der Waals surface area contributed by atoms with Crippen LogP contribution in [-0.4, -0.2) is 52.5 Å². The van der Waals surface area contributed by atoms with Gasteiger partial charge in [-0.3, -0.25) is 9.69 Å². The molecule has 2 aliphatic rings. The van der Waals surface area contributed by atoms with E-state index in [-0.39, 0.29) is 5.56 Å². The van der Waals surface area contributed by atoms with Crippen LogP contribution in [0.2, 0.25) is 0 Å². The van der Waals surface area contributed by atoms with E-state index < -0.39 is 0 Å². The van der Waals surface area contributed by atoms with Crippen molar-refractivity contribution in [1.82, 2.24) is 19.8 Å². The second kappa shape index (κ2) is 8.68. The molecule has 7 heteroatoms. The summed E-state index contributed by atoms with van der Waals surface area (Å²) < 4.78 is 0. The number of nitrogens with one attached hydrogen (secondary N) is 1. The van der Waals surface area contributed by atoms with Crippen molar-refractivity contribution in [2.24, 2.45) is 5.92 Å². The molecule has 0 bridgehead atoms. The Balaban J connectivity index is 1.23. The molecule has 1 aliphatic heterocycles. The Labute approximate surface area is 179 Å². The second-order valence-electron chi connectivity index (χ2n) is 8.40. The lowest BCUT2D eigenvalue weighted by molar-refractivity contribution is 0.104. The van der Waals surface area contributed by atoms with Crippen molar-refractivity contribution in [1.29, 1.82) is 0 Å². The van der Waals surface area contributed by atoms with Gasteiger partial charge < -0.3 is 9.88 Å². The summed E-state index contributed by atoms with van der Waals surface area (Å²) in [6.07, 6.45) is 7.10. The summed E-state index contributed by atoms with van der Waals surface area (Å²) >= 11 is 3.23. The lowest BCUT2D eigenvalue weighted by atomic mass is 9.89. The predicted octanol–water partition coefficient (Wildman–Crippen LogP) is 4.41. The Morgan fingerprint density at radius 2 is 1.86 bits per heavy atom. The van der Waals surface area contributed by atoms with Gasteiger partial charge in [0.25, 0.3) is 5.56 Å². The summed E-state index contributed by atoms with van der Waals surface area (Å²) in [5.74, 6) is 1.70. The van der Waals surface area contributed by atoms with Gasteiger partial charge in [-0.05, 0) is 30.2 Å². The van der Waals surface area contributed by atoms with Gasteiger partial charge >= 0.3 is 0 Å². The van der Waals surface area contributed by atoms with Crippen LogP contribution in [0.1, 0.15) is 37.9 Å². The first-order valence-electron chi connectivity index (χ1n) is 10.8. The van der Waals surface area contributed by atoms with Crippen LogP contribution in [0.15, 0.2) is 27.7 Å². The third kappa shape index (κ3) is 4.33. The van der Waals surface area contributed by atoms with Crippen molar-refractivity contribution < 1.29 is 0 Å². The minimum absolute atomic E-state index is 0.00872. The van der Waals surface area contributed by atoms with Crippen molar-refractivity contribution in [3.8, 4) is 10.4 Å². The van der Waals surface area contributed by atoms with E-state index in [0.29, 0.717) is 0 Å². The molecule has 5 nitrogen and oxygen atoms in total. The second-order valence-corrected chi connectivity index (χ2v) is 10.2. The van der Waals surface area contributed by atoms with E-state index in [4.69, 9.17) is 4.98 Å². The highest BCUT2D eigenvalue weighted by atomic mass is 32.1. The number of rotatable bonds is 5. The lowest BCUT2D eigenvalue weighted by Gasteiger charge is -2.37. The van der Waals surface area contributed by atoms with E-state index >= 15 is 0 Å². The third-order valence-corrected chi connectivity index (χ3v) is 8.13. The molecule has 0 amide bonds. The molecule has 3 aromatic rings. The highest BCUT2D eigenvalue weighted by Gasteiger charge is 2.22. The molecule has 1 aliphatic carbocycles. The molecule has 1 N–H and O–H groups in total. The van der Waals surface area contributed by atoms with Gasteiger partial charge in [0, 0.05) is 48.5 Å². The van der Waals surface area contributed by atoms with Crippen LogP contribution in [0.5, 0.6) is 0 Å². The van der Waals surface area contributed by atoms with Gasteiger partial charge in [-0.15, -0.1) is 22.7 Å². The van der Waals surface area contributed by atoms with Gasteiger partial charge in [0.15, 0.2) is 0 Å². The van der Waals surface area contributed by atoms with Crippen LogP contribution in [0.3, 0.4) is 0 Å². The fourth-order valence-corrected chi connectivity index (χ4v) is 6.54. The highest BCUT2D eigenvalue weighted by molar-refractivity contribution is 7.18. The maximum absolute atomic E-state index is 12.8. The van der Waals surface area contributed by atoms with E-state index in [0.717, 1.165) is 65.1 Å². The van der Waals surface area contributed by atoms with Crippen molar-refractivity contribution in [3.63, 3.8) is 0 Å². The first-order chi connectivity index (χ1) is 14.3. The minimum atomic E-state index is -0.00872. The maximum atomic E-state index is 12.8. The molecule has 3 aromatic heterocycles. The Hall–Kier alpha value is -1.54. The first-order valence-corrected chi connectivity index (χ1v) is 12.5. The number of thiophene rings is 2. The monoisotopic (exact) mass is 428 g/mol. The molecule has 0 aromatic carbocycles. The average molecular weight is 429 g/mol. The van der Waals surface area contributed by atoms with Crippen molar-refractivity contribution in [2.45, 2.75) is 38.6 Å². The number of fused-ring (bicyclic) bond motifs is 1. The summed E-state index contributed by atoms with van der Waals surface area (Å²) in [5.41, 5.74) is 1.00. The van der Waals surface area contributed by atoms with E-state index in [1.54, 1.807) is 22.7 Å². The molecule has 5 rings (SSSR count). The maximum Gasteiger partial charge on any atom is 0.260 e. The molecular weight excluding hydrogens is 400 g/mol. The topological polar surface area (TPSA) is 52.2 Å². The van der Waals surface area contributed by atoms with Gasteiger partial charge in [-0.2, -0.15) is 0 Å². The van der Waals surface area contributed by atoms with Crippen LogP contribution in [-0.2, 0) is 6.54 Å². The van der Waals surface area contributed by atoms with Gasteiger partial charge in [0.2, 0.25) is 0 Å². The van der Waals surface area contributed by atoms with E-state index in [9.17, 15) is 4.79 Å². The molecule has 1 saturated heterocycles. The Morgan fingerprint density at radius 3 is 2.62 bits per heavy atom. The molecule has 1 saturated carbocycles. The van der Waals surface area contributed by atoms with Crippen molar-refractivity contribution in [3.05, 3.63) is 39.1 Å². The van der Waals surface area contributed by atoms with Gasteiger partial charge in [-0.25, -0.2) is 4.98 Å². The molecule has 29 heavy (non-hydrogen) atoms. The smallest absolute Gasteiger partial charge is 0.260 e. The molecule has 0 radical (unpaired) electrons. The van der Waals surface area contributed by atoms with E-state index in [2.05, 4.69) is 26.2 Å². The number of hydrogen-bond acceptors (Lipinski definition) is 6. The normalized spacial score (nSPS) is 19.9. The summed E-state index contributed by atoms with van der Waals surface area (Å²) in [6, 6.07) is 4.08. The molecule has 4 heterocycles. The van der Waals surface area contributed by atoms with Gasteiger partial charge in [0.1, 0.15) is 10.7 Å². The minimum Gasteiger partial charge on any atom is -0.309 e. The largest absolute Gasteiger partial charge is 0.309 e. The predicted molar refractivity (Wildman–Crippen MR) is 122 cm³/mol. The Bertz CT molecular complexity index is 996. The number of H-pyrrole nitrogens is 1. The van der Waals surface area contributed by atoms with Crippen LogP contribution in [0.25, 0.3) is 20.7 Å². The molecular formula is C22H28N4OS2. The molecule has 0 atom stereocenters. The molecule has 2 fully saturated rings. The fourth-order valence-electron chi connectivity index (χ4n) is 4.76. The van der Waals surface area contributed by atoms with E-state index in [1.165, 1.54) is 38.6 Å². The zero-order valence-electron chi connectivity index (χ0n) is 16.7. The summed E-state index contributed by atoms with van der Waals surface area (Å²) in [7, 11) is 0. The van der Waals surface area contributed by atoms with Gasteiger partial charge in [0.05, 0.1) is 11.9 Å². The summed E-state index contributed by atoms with van der Waals surface area (Å²) in [5, 5.41) is 4.84.